The zero-order valence-corrected chi connectivity index (χ0v) is 20.2. The van der Waals surface area contributed by atoms with Gasteiger partial charge in [-0.25, -0.2) is 0 Å². The Morgan fingerprint density at radius 2 is 0.815 bits per heavy atom. The average molecular weight is 379 g/mol. The predicted molar refractivity (Wildman–Crippen MR) is 135 cm³/mol. The second-order valence-corrected chi connectivity index (χ2v) is 7.03. The lowest BCUT2D eigenvalue weighted by Crippen LogP contribution is -1.84. The highest BCUT2D eigenvalue weighted by molar-refractivity contribution is 4.66. The summed E-state index contributed by atoms with van der Waals surface area (Å²) in [5.41, 5.74) is 0. The quantitative estimate of drug-likeness (QED) is 0.262. The first kappa shape index (κ1) is 36.6. The molecular formula is C27H54. The summed E-state index contributed by atoms with van der Waals surface area (Å²) in [7, 11) is 0. The zero-order chi connectivity index (χ0) is 22.3. The van der Waals surface area contributed by atoms with E-state index in [0.29, 0.717) is 0 Å². The molecule has 0 N–H and O–H groups in total. The minimum Gasteiger partial charge on any atom is -0.103 e. The number of hydrogen-bond donors (Lipinski definition) is 0. The topological polar surface area (TPSA) is 0 Å². The van der Waals surface area contributed by atoms with E-state index in [2.05, 4.69) is 74.4 Å². The van der Waals surface area contributed by atoms with Crippen molar-refractivity contribution in [2.24, 2.45) is 11.8 Å². The van der Waals surface area contributed by atoms with Crippen LogP contribution in [0.15, 0.2) is 63.3 Å². The van der Waals surface area contributed by atoms with Gasteiger partial charge in [0.25, 0.3) is 0 Å². The van der Waals surface area contributed by atoms with Gasteiger partial charge in [-0.2, -0.15) is 0 Å². The summed E-state index contributed by atoms with van der Waals surface area (Å²) in [6.45, 7) is 32.7. The molecule has 0 rings (SSSR count). The van der Waals surface area contributed by atoms with Gasteiger partial charge in [0, 0.05) is 0 Å². The van der Waals surface area contributed by atoms with Gasteiger partial charge in [0.1, 0.15) is 0 Å². The summed E-state index contributed by atoms with van der Waals surface area (Å²) in [5, 5.41) is 0. The Hall–Kier alpha value is -1.30. The first-order chi connectivity index (χ1) is 12.8. The van der Waals surface area contributed by atoms with Crippen LogP contribution in [0.5, 0.6) is 0 Å². The van der Waals surface area contributed by atoms with Crippen LogP contribution < -0.4 is 0 Å². The lowest BCUT2D eigenvalue weighted by atomic mass is 10.1. The Balaban J connectivity index is -0.0000000793. The van der Waals surface area contributed by atoms with E-state index in [-0.39, 0.29) is 0 Å². The second kappa shape index (κ2) is 44.3. The molecule has 0 aliphatic carbocycles. The van der Waals surface area contributed by atoms with Gasteiger partial charge in [0.15, 0.2) is 0 Å². The van der Waals surface area contributed by atoms with E-state index in [9.17, 15) is 0 Å². The van der Waals surface area contributed by atoms with Gasteiger partial charge in [-0.3, -0.25) is 0 Å². The summed E-state index contributed by atoms with van der Waals surface area (Å²) in [6, 6.07) is 0. The van der Waals surface area contributed by atoms with Crippen molar-refractivity contribution in [3.63, 3.8) is 0 Å². The lowest BCUT2D eigenvalue weighted by Gasteiger charge is -1.99. The first-order valence-electron chi connectivity index (χ1n) is 10.8. The van der Waals surface area contributed by atoms with E-state index in [0.717, 1.165) is 24.7 Å². The molecule has 0 heteroatoms. The molecule has 0 fully saturated rings. The fraction of sp³-hybridized carbons (Fsp3) is 0.630. The van der Waals surface area contributed by atoms with Gasteiger partial charge in [-0.05, 0) is 57.3 Å². The van der Waals surface area contributed by atoms with Crippen molar-refractivity contribution in [2.45, 2.75) is 99.8 Å². The molecule has 0 heterocycles. The van der Waals surface area contributed by atoms with Gasteiger partial charge < -0.3 is 0 Å². The van der Waals surface area contributed by atoms with Gasteiger partial charge in [-0.15, -0.1) is 32.9 Å². The zero-order valence-electron chi connectivity index (χ0n) is 20.2. The molecule has 0 saturated heterocycles. The van der Waals surface area contributed by atoms with E-state index in [1.54, 1.807) is 6.08 Å². The molecule has 0 aliphatic rings. The molecule has 0 aromatic carbocycles. The van der Waals surface area contributed by atoms with Crippen molar-refractivity contribution in [1.29, 1.82) is 0 Å². The summed E-state index contributed by atoms with van der Waals surface area (Å²) < 4.78 is 0. The smallest absolute Gasteiger partial charge is 0.0353 e. The molecule has 162 valence electrons. The summed E-state index contributed by atoms with van der Waals surface area (Å²) >= 11 is 0. The van der Waals surface area contributed by atoms with Gasteiger partial charge in [0.05, 0.1) is 0 Å². The SMILES string of the molecule is C=CC.C=CCC.C=CCC.C=CCCCC(C)C.C=CCCCC(C)C. The Bertz CT molecular complexity index is 242. The third kappa shape index (κ3) is 111. The van der Waals surface area contributed by atoms with Crippen molar-refractivity contribution in [2.75, 3.05) is 0 Å². The summed E-state index contributed by atoms with van der Waals surface area (Å²) in [5.74, 6) is 1.71. The van der Waals surface area contributed by atoms with Crippen molar-refractivity contribution in [3.8, 4) is 0 Å². The summed E-state index contributed by atoms with van der Waals surface area (Å²) in [6.07, 6.45) is 19.3. The molecule has 0 bridgehead atoms. The third-order valence-corrected chi connectivity index (χ3v) is 2.96. The monoisotopic (exact) mass is 378 g/mol. The van der Waals surface area contributed by atoms with Crippen molar-refractivity contribution < 1.29 is 0 Å². The number of allylic oxidation sites excluding steroid dienone is 5. The summed E-state index contributed by atoms with van der Waals surface area (Å²) in [4.78, 5) is 0. The van der Waals surface area contributed by atoms with Crippen LogP contribution in [-0.2, 0) is 0 Å². The van der Waals surface area contributed by atoms with E-state index < -0.39 is 0 Å². The van der Waals surface area contributed by atoms with Crippen LogP contribution in [0.1, 0.15) is 99.8 Å². The van der Waals surface area contributed by atoms with Gasteiger partial charge >= 0.3 is 0 Å². The van der Waals surface area contributed by atoms with Gasteiger partial charge in [-0.1, -0.05) is 84.8 Å². The van der Waals surface area contributed by atoms with Crippen molar-refractivity contribution >= 4 is 0 Å². The van der Waals surface area contributed by atoms with E-state index in [4.69, 9.17) is 0 Å². The molecule has 0 saturated carbocycles. The van der Waals surface area contributed by atoms with Crippen LogP contribution in [0.2, 0.25) is 0 Å². The minimum atomic E-state index is 0.856. The number of hydrogen-bond acceptors (Lipinski definition) is 0. The Morgan fingerprint density at radius 1 is 0.593 bits per heavy atom. The highest BCUT2D eigenvalue weighted by Crippen LogP contribution is 2.06. The molecule has 0 amide bonds. The van der Waals surface area contributed by atoms with Crippen LogP contribution in [0.3, 0.4) is 0 Å². The van der Waals surface area contributed by atoms with Crippen LogP contribution in [0, 0.1) is 11.8 Å². The first-order valence-corrected chi connectivity index (χ1v) is 10.8. The van der Waals surface area contributed by atoms with Crippen LogP contribution in [0.4, 0.5) is 0 Å². The van der Waals surface area contributed by atoms with Crippen molar-refractivity contribution in [1.82, 2.24) is 0 Å². The van der Waals surface area contributed by atoms with Gasteiger partial charge in [0.2, 0.25) is 0 Å². The lowest BCUT2D eigenvalue weighted by molar-refractivity contribution is 0.560. The number of unbranched alkanes of at least 4 members (excludes halogenated alkanes) is 2. The van der Waals surface area contributed by atoms with Crippen molar-refractivity contribution in [3.05, 3.63) is 63.3 Å². The highest BCUT2D eigenvalue weighted by atomic mass is 14.0. The minimum absolute atomic E-state index is 0.856. The predicted octanol–water partition coefficient (Wildman–Crippen LogP) is 10.4. The fourth-order valence-corrected chi connectivity index (χ4v) is 1.34. The largest absolute Gasteiger partial charge is 0.103 e. The Labute approximate surface area is 175 Å². The molecule has 0 aromatic rings. The molecule has 0 nitrogen and oxygen atoms in total. The maximum absolute atomic E-state index is 3.66. The van der Waals surface area contributed by atoms with E-state index >= 15 is 0 Å². The van der Waals surface area contributed by atoms with E-state index in [1.807, 2.05) is 31.2 Å². The molecule has 0 aromatic heterocycles. The number of rotatable bonds is 10. The maximum atomic E-state index is 3.66. The molecule has 0 unspecified atom stereocenters. The second-order valence-electron chi connectivity index (χ2n) is 7.03. The standard InChI is InChI=1S/2C8H16.2C4H8.C3H6/c2*1-4-5-6-7-8(2)3;2*1-3-4-2;1-3-2/h2*4,8H,1,5-7H2,2-3H3;2*3H,1,4H2,2H3;3H,1H2,2H3. The molecule has 0 atom stereocenters. The molecule has 27 heavy (non-hydrogen) atoms. The Morgan fingerprint density at radius 3 is 0.926 bits per heavy atom. The van der Waals surface area contributed by atoms with E-state index in [1.165, 1.54) is 38.5 Å². The third-order valence-electron chi connectivity index (χ3n) is 2.96. The highest BCUT2D eigenvalue weighted by Gasteiger charge is 1.90. The normalized spacial score (nSPS) is 8.19. The average Bonchev–Trinajstić information content (AvgIpc) is 2.63. The molecule has 0 spiro atoms. The Kier molecular flexibility index (Phi) is 60.0. The van der Waals surface area contributed by atoms with Crippen LogP contribution in [-0.4, -0.2) is 0 Å². The van der Waals surface area contributed by atoms with Crippen LogP contribution >= 0.6 is 0 Å². The molecule has 0 radical (unpaired) electrons. The molecular weight excluding hydrogens is 324 g/mol. The molecule has 0 aliphatic heterocycles. The van der Waals surface area contributed by atoms with Crippen LogP contribution in [0.25, 0.3) is 0 Å². The maximum Gasteiger partial charge on any atom is -0.0353 e. The fourth-order valence-electron chi connectivity index (χ4n) is 1.34.